The zero-order chi connectivity index (χ0) is 8.10. The Balaban J connectivity index is 0.00000121. The predicted octanol–water partition coefficient (Wildman–Crippen LogP) is 0.185. The van der Waals surface area contributed by atoms with E-state index in [1.807, 2.05) is 16.8 Å². The van der Waals surface area contributed by atoms with Crippen LogP contribution in [-0.2, 0) is 21.6 Å². The van der Waals surface area contributed by atoms with Crippen molar-refractivity contribution in [2.45, 2.75) is 6.42 Å². The van der Waals surface area contributed by atoms with Gasteiger partial charge in [0.1, 0.15) is 0 Å². The molecule has 0 aromatic carbocycles. The van der Waals surface area contributed by atoms with Crippen LogP contribution in [-0.4, -0.2) is 44.6 Å². The van der Waals surface area contributed by atoms with Gasteiger partial charge in [-0.15, -0.1) is 0 Å². The maximum atomic E-state index is 9.95. The number of rotatable bonds is 4. The third kappa shape index (κ3) is 5.29. The average molecular weight is 216 g/mol. The molecule has 1 rings (SSSR count). The van der Waals surface area contributed by atoms with Gasteiger partial charge in [0.25, 0.3) is 11.0 Å². The summed E-state index contributed by atoms with van der Waals surface area (Å²) in [5.74, 6) is 0. The summed E-state index contributed by atoms with van der Waals surface area (Å²) in [6, 6.07) is 1.95. The van der Waals surface area contributed by atoms with Crippen molar-refractivity contribution in [2.24, 2.45) is 0 Å². The molecule has 1 heterocycles. The topological polar surface area (TPSA) is 43.4 Å². The summed E-state index contributed by atoms with van der Waals surface area (Å²) in [7, 11) is -2.68. The fourth-order valence-corrected chi connectivity index (χ4v) is 1.62. The molecule has 64 valence electrons. The number of hydrogen-bond acceptors (Lipinski definition) is 4. The summed E-state index contributed by atoms with van der Waals surface area (Å²) in [6.45, 7) is 0.245. The first-order valence-corrected chi connectivity index (χ1v) is 5.11. The van der Waals surface area contributed by atoms with Crippen molar-refractivity contribution < 1.29 is 12.6 Å². The molecule has 0 radical (unpaired) electrons. The summed E-state index contributed by atoms with van der Waals surface area (Å²) in [6.07, 6.45) is 0.660. The molecule has 0 spiro atoms. The Kier molecular flexibility index (Phi) is 7.41. The van der Waals surface area contributed by atoms with Crippen LogP contribution in [0.4, 0.5) is 0 Å². The molecule has 0 saturated heterocycles. The van der Waals surface area contributed by atoms with E-state index in [0.29, 0.717) is 6.42 Å². The van der Waals surface area contributed by atoms with Gasteiger partial charge in [0.05, 0.1) is 6.61 Å². The minimum absolute atomic E-state index is 0. The van der Waals surface area contributed by atoms with Gasteiger partial charge in [0.2, 0.25) is 0 Å². The molecule has 1 aromatic heterocycles. The maximum absolute atomic E-state index is 9.95. The molecule has 12 heavy (non-hydrogen) atoms. The molecule has 0 N–H and O–H groups in total. The molecule has 0 unspecified atom stereocenters. The van der Waals surface area contributed by atoms with Crippen LogP contribution >= 0.6 is 11.3 Å². The van der Waals surface area contributed by atoms with Crippen LogP contribution in [0, 0.1) is 0 Å². The van der Waals surface area contributed by atoms with E-state index in [4.69, 9.17) is 0 Å². The second-order valence-corrected chi connectivity index (χ2v) is 3.42. The standard InChI is InChI=1S/C6H8O3S2.Na.H/c7-11(8)9-3-1-6-2-4-10-5-6;;/h2,4-5,11H,1,3H2;;. The zero-order valence-corrected chi connectivity index (χ0v) is 7.44. The van der Waals surface area contributed by atoms with E-state index in [9.17, 15) is 8.42 Å². The first-order valence-electron chi connectivity index (χ1n) is 3.07. The van der Waals surface area contributed by atoms with Gasteiger partial charge >= 0.3 is 29.6 Å². The second kappa shape index (κ2) is 7.06. The van der Waals surface area contributed by atoms with Crippen LogP contribution in [0.1, 0.15) is 5.56 Å². The molecule has 1 aromatic rings. The second-order valence-electron chi connectivity index (χ2n) is 1.94. The fraction of sp³-hybridized carbons (Fsp3) is 0.333. The average Bonchev–Trinajstić information content (AvgIpc) is 2.39. The molecule has 0 aliphatic carbocycles. The van der Waals surface area contributed by atoms with Crippen LogP contribution in [0.5, 0.6) is 0 Å². The molecule has 0 atom stereocenters. The first kappa shape index (κ1) is 12.6. The molecule has 3 nitrogen and oxygen atoms in total. The van der Waals surface area contributed by atoms with E-state index in [0.717, 1.165) is 5.56 Å². The quantitative estimate of drug-likeness (QED) is 0.577. The normalized spacial score (nSPS) is 9.75. The van der Waals surface area contributed by atoms with E-state index in [-0.39, 0.29) is 36.2 Å². The van der Waals surface area contributed by atoms with Crippen LogP contribution in [0.15, 0.2) is 16.8 Å². The van der Waals surface area contributed by atoms with Gasteiger partial charge < -0.3 is 0 Å². The third-order valence-electron chi connectivity index (χ3n) is 1.17. The van der Waals surface area contributed by atoms with Crippen molar-refractivity contribution in [1.29, 1.82) is 0 Å². The van der Waals surface area contributed by atoms with Gasteiger partial charge in [-0.3, -0.25) is 4.18 Å². The Labute approximate surface area is 99.2 Å². The zero-order valence-electron chi connectivity index (χ0n) is 5.73. The minimum atomic E-state index is -2.68. The van der Waals surface area contributed by atoms with E-state index in [1.54, 1.807) is 11.3 Å². The van der Waals surface area contributed by atoms with Gasteiger partial charge in [-0.05, 0) is 28.8 Å². The molecule has 0 aliphatic rings. The molecule has 0 bridgehead atoms. The molecular weight excluding hydrogens is 207 g/mol. The SMILES string of the molecule is O=[SH](=O)OCCc1ccsc1.[NaH]. The predicted molar refractivity (Wildman–Crippen MR) is 51.4 cm³/mol. The number of hydrogen-bond donors (Lipinski definition) is 1. The monoisotopic (exact) mass is 216 g/mol. The van der Waals surface area contributed by atoms with Crippen LogP contribution in [0.25, 0.3) is 0 Å². The van der Waals surface area contributed by atoms with Crippen molar-refractivity contribution in [3.63, 3.8) is 0 Å². The van der Waals surface area contributed by atoms with E-state index in [2.05, 4.69) is 4.18 Å². The molecular formula is C6H9NaO3S2. The molecule has 0 fully saturated rings. The van der Waals surface area contributed by atoms with Crippen molar-refractivity contribution in [3.05, 3.63) is 22.4 Å². The van der Waals surface area contributed by atoms with Gasteiger partial charge in [0.15, 0.2) is 0 Å². The number of thiophene rings is 1. The van der Waals surface area contributed by atoms with Crippen molar-refractivity contribution in [2.75, 3.05) is 6.61 Å². The Bertz CT molecular complexity index is 260. The summed E-state index contributed by atoms with van der Waals surface area (Å²) in [5, 5.41) is 3.92. The molecule has 0 saturated carbocycles. The number of thiol groups is 1. The van der Waals surface area contributed by atoms with Crippen LogP contribution in [0.3, 0.4) is 0 Å². The Morgan fingerprint density at radius 3 is 2.75 bits per heavy atom. The first-order chi connectivity index (χ1) is 5.29. The van der Waals surface area contributed by atoms with Crippen LogP contribution in [0.2, 0.25) is 0 Å². The van der Waals surface area contributed by atoms with Crippen LogP contribution < -0.4 is 0 Å². The molecule has 0 amide bonds. The van der Waals surface area contributed by atoms with Gasteiger partial charge in [0, 0.05) is 0 Å². The summed E-state index contributed by atoms with van der Waals surface area (Å²) >= 11 is 1.59. The Morgan fingerprint density at radius 2 is 2.25 bits per heavy atom. The van der Waals surface area contributed by atoms with Crippen molar-refractivity contribution >= 4 is 51.9 Å². The van der Waals surface area contributed by atoms with Gasteiger partial charge in [-0.25, -0.2) is 8.42 Å². The summed E-state index contributed by atoms with van der Waals surface area (Å²) in [4.78, 5) is 0. The van der Waals surface area contributed by atoms with E-state index < -0.39 is 11.0 Å². The Hall–Kier alpha value is 0.610. The van der Waals surface area contributed by atoms with Crippen molar-refractivity contribution in [3.8, 4) is 0 Å². The Morgan fingerprint density at radius 1 is 1.50 bits per heavy atom. The molecule has 6 heteroatoms. The van der Waals surface area contributed by atoms with Gasteiger partial charge in [-0.1, -0.05) is 0 Å². The summed E-state index contributed by atoms with van der Waals surface area (Å²) < 4.78 is 24.3. The van der Waals surface area contributed by atoms with E-state index in [1.165, 1.54) is 0 Å². The van der Waals surface area contributed by atoms with Gasteiger partial charge in [-0.2, -0.15) is 11.3 Å². The van der Waals surface area contributed by atoms with Crippen molar-refractivity contribution in [1.82, 2.24) is 0 Å². The molecule has 0 aliphatic heterocycles. The van der Waals surface area contributed by atoms with E-state index >= 15 is 0 Å². The summed E-state index contributed by atoms with van der Waals surface area (Å²) in [5.41, 5.74) is 1.12. The fourth-order valence-electron chi connectivity index (χ4n) is 0.673. The third-order valence-corrected chi connectivity index (χ3v) is 2.29.